The predicted molar refractivity (Wildman–Crippen MR) is 111 cm³/mol. The summed E-state index contributed by atoms with van der Waals surface area (Å²) in [7, 11) is 0. The van der Waals surface area contributed by atoms with Crippen LogP contribution in [0.5, 0.6) is 0 Å². The van der Waals surface area contributed by atoms with E-state index in [4.69, 9.17) is 10.8 Å². The topological polar surface area (TPSA) is 81.8 Å². The lowest BCUT2D eigenvalue weighted by Gasteiger charge is -2.11. The van der Waals surface area contributed by atoms with Crippen LogP contribution in [0.1, 0.15) is 44.7 Å². The van der Waals surface area contributed by atoms with E-state index in [2.05, 4.69) is 0 Å². The summed E-state index contributed by atoms with van der Waals surface area (Å²) in [6, 6.07) is 24.7. The van der Waals surface area contributed by atoms with Crippen molar-refractivity contribution in [1.29, 1.82) is 10.8 Å². The van der Waals surface area contributed by atoms with Crippen LogP contribution < -0.4 is 0 Å². The number of carbonyl (C=O) groups excluding carboxylic acids is 2. The van der Waals surface area contributed by atoms with Gasteiger partial charge in [-0.3, -0.25) is 9.59 Å². The monoisotopic (exact) mass is 368 g/mol. The summed E-state index contributed by atoms with van der Waals surface area (Å²) in [5.41, 5.74) is 2.41. The summed E-state index contributed by atoms with van der Waals surface area (Å²) in [4.78, 5) is 24.8. The largest absolute Gasteiger partial charge is 0.304 e. The first-order chi connectivity index (χ1) is 13.6. The third kappa shape index (κ3) is 4.54. The molecule has 0 amide bonds. The maximum Gasteiger partial charge on any atom is 0.168 e. The Kier molecular flexibility index (Phi) is 6.02. The van der Waals surface area contributed by atoms with Gasteiger partial charge in [-0.2, -0.15) is 0 Å². The standard InChI is InChI=1S/C24H20N2O2/c25-21(15-23(27)17-9-3-1-4-10-17)19-13-7-8-14-20(19)22(26)16-24(28)18-11-5-2-6-12-18/h1-14,25-26H,15-16H2. The molecule has 0 spiro atoms. The van der Waals surface area contributed by atoms with E-state index in [1.165, 1.54) is 0 Å². The first-order valence-electron chi connectivity index (χ1n) is 8.97. The molecule has 0 heterocycles. The van der Waals surface area contributed by atoms with Gasteiger partial charge in [-0.15, -0.1) is 0 Å². The van der Waals surface area contributed by atoms with Crippen LogP contribution in [0.3, 0.4) is 0 Å². The van der Waals surface area contributed by atoms with E-state index in [1.54, 1.807) is 72.8 Å². The molecule has 2 N–H and O–H groups in total. The fraction of sp³-hybridized carbons (Fsp3) is 0.0833. The summed E-state index contributed by atoms with van der Waals surface area (Å²) in [6.45, 7) is 0. The van der Waals surface area contributed by atoms with Crippen LogP contribution in [-0.2, 0) is 0 Å². The highest BCUT2D eigenvalue weighted by atomic mass is 16.1. The van der Waals surface area contributed by atoms with Crippen molar-refractivity contribution in [2.75, 3.05) is 0 Å². The second-order valence-electron chi connectivity index (χ2n) is 6.43. The van der Waals surface area contributed by atoms with E-state index in [0.29, 0.717) is 22.3 Å². The summed E-state index contributed by atoms with van der Waals surface area (Å²) in [6.07, 6.45) is -0.109. The third-order valence-electron chi connectivity index (χ3n) is 4.44. The van der Waals surface area contributed by atoms with Crippen molar-refractivity contribution >= 4 is 23.0 Å². The van der Waals surface area contributed by atoms with Gasteiger partial charge >= 0.3 is 0 Å². The highest BCUT2D eigenvalue weighted by Crippen LogP contribution is 2.17. The minimum Gasteiger partial charge on any atom is -0.304 e. The molecule has 0 radical (unpaired) electrons. The molecule has 0 aromatic heterocycles. The van der Waals surface area contributed by atoms with Crippen LogP contribution in [-0.4, -0.2) is 23.0 Å². The van der Waals surface area contributed by atoms with Gasteiger partial charge in [0.05, 0.1) is 12.8 Å². The lowest BCUT2D eigenvalue weighted by Crippen LogP contribution is -2.15. The summed E-state index contributed by atoms with van der Waals surface area (Å²) < 4.78 is 0. The Morgan fingerprint density at radius 3 is 1.21 bits per heavy atom. The molecule has 0 fully saturated rings. The van der Waals surface area contributed by atoms with Gasteiger partial charge in [-0.25, -0.2) is 0 Å². The lowest BCUT2D eigenvalue weighted by molar-refractivity contribution is 0.0992. The zero-order valence-corrected chi connectivity index (χ0v) is 15.3. The van der Waals surface area contributed by atoms with E-state index < -0.39 is 0 Å². The van der Waals surface area contributed by atoms with Crippen LogP contribution >= 0.6 is 0 Å². The normalized spacial score (nSPS) is 10.3. The minimum absolute atomic E-state index is 0.0546. The molecule has 0 aliphatic heterocycles. The number of carbonyl (C=O) groups is 2. The number of benzene rings is 3. The average Bonchev–Trinajstić information content (AvgIpc) is 2.74. The molecule has 3 aromatic carbocycles. The van der Waals surface area contributed by atoms with E-state index in [0.717, 1.165) is 0 Å². The number of nitrogens with one attached hydrogen (secondary N) is 2. The molecule has 3 rings (SSSR count). The first-order valence-corrected chi connectivity index (χ1v) is 8.97. The smallest absolute Gasteiger partial charge is 0.168 e. The Morgan fingerprint density at radius 2 is 0.857 bits per heavy atom. The van der Waals surface area contributed by atoms with Crippen molar-refractivity contribution in [3.63, 3.8) is 0 Å². The Morgan fingerprint density at radius 1 is 0.536 bits per heavy atom. The number of ketones is 2. The Bertz CT molecular complexity index is 940. The quantitative estimate of drug-likeness (QED) is 0.435. The second-order valence-corrected chi connectivity index (χ2v) is 6.43. The Hall–Kier alpha value is -3.66. The van der Waals surface area contributed by atoms with Gasteiger partial charge in [0.25, 0.3) is 0 Å². The van der Waals surface area contributed by atoms with Crippen LogP contribution in [0.4, 0.5) is 0 Å². The Labute approximate surface area is 163 Å². The van der Waals surface area contributed by atoms with Gasteiger partial charge in [0, 0.05) is 33.7 Å². The molecule has 28 heavy (non-hydrogen) atoms. The van der Waals surface area contributed by atoms with Crippen molar-refractivity contribution in [3.05, 3.63) is 107 Å². The first kappa shape index (κ1) is 19.1. The van der Waals surface area contributed by atoms with Gasteiger partial charge in [0.1, 0.15) is 0 Å². The van der Waals surface area contributed by atoms with Gasteiger partial charge in [0.2, 0.25) is 0 Å². The zero-order chi connectivity index (χ0) is 19.9. The van der Waals surface area contributed by atoms with Crippen LogP contribution in [0.2, 0.25) is 0 Å². The molecular formula is C24H20N2O2. The predicted octanol–water partition coefficient (Wildman–Crippen LogP) is 4.97. The molecule has 0 bridgehead atoms. The fourth-order valence-corrected chi connectivity index (χ4v) is 2.97. The van der Waals surface area contributed by atoms with Gasteiger partial charge in [-0.1, -0.05) is 84.9 Å². The maximum absolute atomic E-state index is 12.4. The summed E-state index contributed by atoms with van der Waals surface area (Å²) in [5.74, 6) is -0.292. The highest BCUT2D eigenvalue weighted by molar-refractivity contribution is 6.21. The number of hydrogen-bond acceptors (Lipinski definition) is 4. The van der Waals surface area contributed by atoms with Gasteiger partial charge in [-0.05, 0) is 0 Å². The van der Waals surface area contributed by atoms with Gasteiger partial charge < -0.3 is 10.8 Å². The van der Waals surface area contributed by atoms with Crippen molar-refractivity contribution in [1.82, 2.24) is 0 Å². The van der Waals surface area contributed by atoms with Crippen LogP contribution in [0, 0.1) is 10.8 Å². The van der Waals surface area contributed by atoms with E-state index in [-0.39, 0.29) is 35.8 Å². The summed E-state index contributed by atoms with van der Waals surface area (Å²) in [5, 5.41) is 16.8. The van der Waals surface area contributed by atoms with Crippen LogP contribution in [0.15, 0.2) is 84.9 Å². The molecule has 0 aliphatic rings. The van der Waals surface area contributed by atoms with Gasteiger partial charge in [0.15, 0.2) is 11.6 Å². The molecule has 4 nitrogen and oxygen atoms in total. The van der Waals surface area contributed by atoms with Crippen molar-refractivity contribution in [2.45, 2.75) is 12.8 Å². The molecule has 0 saturated carbocycles. The fourth-order valence-electron chi connectivity index (χ4n) is 2.97. The molecule has 138 valence electrons. The Balaban J connectivity index is 1.77. The molecule has 0 unspecified atom stereocenters. The van der Waals surface area contributed by atoms with E-state index >= 15 is 0 Å². The highest BCUT2D eigenvalue weighted by Gasteiger charge is 2.17. The molecule has 0 atom stereocenters. The number of hydrogen-bond donors (Lipinski definition) is 2. The average molecular weight is 368 g/mol. The van der Waals surface area contributed by atoms with E-state index in [9.17, 15) is 9.59 Å². The molecular weight excluding hydrogens is 348 g/mol. The SMILES string of the molecule is N=C(CC(=O)c1ccccc1)c1ccccc1C(=N)CC(=O)c1ccccc1. The third-order valence-corrected chi connectivity index (χ3v) is 4.44. The molecule has 0 aliphatic carbocycles. The van der Waals surface area contributed by atoms with Crippen LogP contribution in [0.25, 0.3) is 0 Å². The number of rotatable bonds is 8. The minimum atomic E-state index is -0.146. The zero-order valence-electron chi connectivity index (χ0n) is 15.3. The molecule has 0 saturated heterocycles. The maximum atomic E-state index is 12.4. The molecule has 4 heteroatoms. The summed E-state index contributed by atoms with van der Waals surface area (Å²) >= 11 is 0. The van der Waals surface area contributed by atoms with Crippen molar-refractivity contribution in [3.8, 4) is 0 Å². The van der Waals surface area contributed by atoms with Crippen molar-refractivity contribution in [2.24, 2.45) is 0 Å². The van der Waals surface area contributed by atoms with Crippen molar-refractivity contribution < 1.29 is 9.59 Å². The molecule has 3 aromatic rings. The second kappa shape index (κ2) is 8.82. The number of Topliss-reactive ketones (excluding diaryl/α,β-unsaturated/α-hetero) is 2. The van der Waals surface area contributed by atoms with E-state index in [1.807, 2.05) is 12.1 Å². The lowest BCUT2D eigenvalue weighted by atomic mass is 9.92.